The Hall–Kier alpha value is -1.06. The predicted octanol–water partition coefficient (Wildman–Crippen LogP) is 4.07. The van der Waals surface area contributed by atoms with Crippen molar-refractivity contribution in [3.05, 3.63) is 29.3 Å². The highest BCUT2D eigenvalue weighted by Gasteiger charge is 2.16. The summed E-state index contributed by atoms with van der Waals surface area (Å²) < 4.78 is 11.6. The van der Waals surface area contributed by atoms with Crippen LogP contribution in [0, 0.1) is 5.92 Å². The molecule has 0 heterocycles. The molecule has 1 aromatic carbocycles. The Morgan fingerprint density at radius 3 is 2.76 bits per heavy atom. The molecule has 0 amide bonds. The van der Waals surface area contributed by atoms with E-state index in [1.54, 1.807) is 0 Å². The molecule has 1 aliphatic carbocycles. The molecule has 1 unspecified atom stereocenters. The Morgan fingerprint density at radius 1 is 1.33 bits per heavy atom. The predicted molar refractivity (Wildman–Crippen MR) is 86.7 cm³/mol. The highest BCUT2D eigenvalue weighted by molar-refractivity contribution is 5.38. The van der Waals surface area contributed by atoms with Gasteiger partial charge in [0.25, 0.3) is 0 Å². The van der Waals surface area contributed by atoms with Crippen LogP contribution in [-0.2, 0) is 11.3 Å². The van der Waals surface area contributed by atoms with Crippen LogP contribution < -0.4 is 10.1 Å². The van der Waals surface area contributed by atoms with Gasteiger partial charge in [-0.1, -0.05) is 25.3 Å². The largest absolute Gasteiger partial charge is 0.494 e. The maximum absolute atomic E-state index is 5.88. The number of nitrogens with one attached hydrogen (secondary N) is 1. The summed E-state index contributed by atoms with van der Waals surface area (Å²) in [7, 11) is 1.98. The number of benzene rings is 1. The summed E-state index contributed by atoms with van der Waals surface area (Å²) in [6, 6.07) is 6.74. The van der Waals surface area contributed by atoms with E-state index in [0.717, 1.165) is 23.8 Å². The van der Waals surface area contributed by atoms with Crippen LogP contribution in [0.2, 0.25) is 0 Å². The van der Waals surface area contributed by atoms with Crippen molar-refractivity contribution in [3.8, 4) is 5.75 Å². The molecular formula is C18H29NO2. The fourth-order valence-corrected chi connectivity index (χ4v) is 2.66. The molecule has 1 saturated carbocycles. The quantitative estimate of drug-likeness (QED) is 0.696. The molecule has 3 heteroatoms. The topological polar surface area (TPSA) is 30.5 Å². The van der Waals surface area contributed by atoms with Crippen LogP contribution in [0.1, 0.15) is 56.7 Å². The summed E-state index contributed by atoms with van der Waals surface area (Å²) >= 11 is 0. The second-order valence-corrected chi connectivity index (χ2v) is 5.95. The summed E-state index contributed by atoms with van der Waals surface area (Å²) in [5.41, 5.74) is 2.43. The number of rotatable bonds is 9. The van der Waals surface area contributed by atoms with E-state index < -0.39 is 0 Å². The van der Waals surface area contributed by atoms with Crippen LogP contribution in [-0.4, -0.2) is 20.3 Å². The third kappa shape index (κ3) is 4.72. The second kappa shape index (κ2) is 8.40. The van der Waals surface area contributed by atoms with Crippen molar-refractivity contribution in [2.75, 3.05) is 20.3 Å². The standard InChI is InChI=1S/C18H29NO2/c1-4-21-18-9-8-16(14(2)19-3)12-17(18)13-20-11-10-15-6-5-7-15/h8-9,12,14-15,19H,4-7,10-11,13H2,1-3H3. The molecule has 0 saturated heterocycles. The molecule has 0 bridgehead atoms. The van der Waals surface area contributed by atoms with E-state index in [0.29, 0.717) is 19.3 Å². The molecule has 1 aliphatic rings. The third-order valence-electron chi connectivity index (χ3n) is 4.47. The fourth-order valence-electron chi connectivity index (χ4n) is 2.66. The first-order valence-electron chi connectivity index (χ1n) is 8.25. The molecule has 0 radical (unpaired) electrons. The second-order valence-electron chi connectivity index (χ2n) is 5.95. The zero-order chi connectivity index (χ0) is 15.1. The van der Waals surface area contributed by atoms with E-state index >= 15 is 0 Å². The van der Waals surface area contributed by atoms with E-state index in [9.17, 15) is 0 Å². The van der Waals surface area contributed by atoms with E-state index in [-0.39, 0.29) is 0 Å². The first-order chi connectivity index (χ1) is 10.2. The minimum atomic E-state index is 0.342. The van der Waals surface area contributed by atoms with Crippen LogP contribution in [0.15, 0.2) is 18.2 Å². The Bertz CT molecular complexity index is 429. The average molecular weight is 291 g/mol. The van der Waals surface area contributed by atoms with Gasteiger partial charge in [-0.15, -0.1) is 0 Å². The van der Waals surface area contributed by atoms with Gasteiger partial charge in [0, 0.05) is 18.2 Å². The number of hydrogen-bond donors (Lipinski definition) is 1. The average Bonchev–Trinajstić information content (AvgIpc) is 2.46. The smallest absolute Gasteiger partial charge is 0.124 e. The fraction of sp³-hybridized carbons (Fsp3) is 0.667. The minimum Gasteiger partial charge on any atom is -0.494 e. The molecule has 0 aliphatic heterocycles. The number of hydrogen-bond acceptors (Lipinski definition) is 3. The third-order valence-corrected chi connectivity index (χ3v) is 4.47. The molecule has 118 valence electrons. The molecule has 0 spiro atoms. The lowest BCUT2D eigenvalue weighted by Gasteiger charge is -2.25. The van der Waals surface area contributed by atoms with Crippen LogP contribution in [0.4, 0.5) is 0 Å². The van der Waals surface area contributed by atoms with Crippen LogP contribution >= 0.6 is 0 Å². The molecule has 2 rings (SSSR count). The van der Waals surface area contributed by atoms with E-state index in [2.05, 4.69) is 30.4 Å². The van der Waals surface area contributed by atoms with Crippen LogP contribution in [0.25, 0.3) is 0 Å². The summed E-state index contributed by atoms with van der Waals surface area (Å²) in [5.74, 6) is 1.86. The van der Waals surface area contributed by atoms with Gasteiger partial charge in [0.1, 0.15) is 5.75 Å². The first kappa shape index (κ1) is 16.3. The van der Waals surface area contributed by atoms with Gasteiger partial charge in [0.2, 0.25) is 0 Å². The zero-order valence-corrected chi connectivity index (χ0v) is 13.7. The van der Waals surface area contributed by atoms with Gasteiger partial charge >= 0.3 is 0 Å². The summed E-state index contributed by atoms with van der Waals surface area (Å²) in [4.78, 5) is 0. The monoisotopic (exact) mass is 291 g/mol. The van der Waals surface area contributed by atoms with Gasteiger partial charge in [0.05, 0.1) is 13.2 Å². The Morgan fingerprint density at radius 2 is 2.14 bits per heavy atom. The van der Waals surface area contributed by atoms with E-state index in [1.165, 1.54) is 31.2 Å². The summed E-state index contributed by atoms with van der Waals surface area (Å²) in [6.45, 7) is 6.38. The summed E-state index contributed by atoms with van der Waals surface area (Å²) in [6.07, 6.45) is 5.39. The summed E-state index contributed by atoms with van der Waals surface area (Å²) in [5, 5.41) is 3.28. The number of ether oxygens (including phenoxy) is 2. The maximum Gasteiger partial charge on any atom is 0.124 e. The molecule has 0 aromatic heterocycles. The Labute approximate surface area is 129 Å². The van der Waals surface area contributed by atoms with Crippen molar-refractivity contribution in [2.45, 2.75) is 52.2 Å². The van der Waals surface area contributed by atoms with Crippen molar-refractivity contribution in [1.29, 1.82) is 0 Å². The minimum absolute atomic E-state index is 0.342. The molecular weight excluding hydrogens is 262 g/mol. The highest BCUT2D eigenvalue weighted by atomic mass is 16.5. The SMILES string of the molecule is CCOc1ccc(C(C)NC)cc1COCCC1CCC1. The van der Waals surface area contributed by atoms with Crippen LogP contribution in [0.5, 0.6) is 5.75 Å². The van der Waals surface area contributed by atoms with E-state index in [1.807, 2.05) is 14.0 Å². The molecule has 21 heavy (non-hydrogen) atoms. The van der Waals surface area contributed by atoms with E-state index in [4.69, 9.17) is 9.47 Å². The van der Waals surface area contributed by atoms with Gasteiger partial charge < -0.3 is 14.8 Å². The van der Waals surface area contributed by atoms with Gasteiger partial charge in [-0.25, -0.2) is 0 Å². The van der Waals surface area contributed by atoms with Gasteiger partial charge in [0.15, 0.2) is 0 Å². The van der Waals surface area contributed by atoms with Gasteiger partial charge in [-0.05, 0) is 50.9 Å². The molecule has 1 fully saturated rings. The van der Waals surface area contributed by atoms with Gasteiger partial charge in [-0.2, -0.15) is 0 Å². The zero-order valence-electron chi connectivity index (χ0n) is 13.7. The Kier molecular flexibility index (Phi) is 6.52. The van der Waals surface area contributed by atoms with Crippen LogP contribution in [0.3, 0.4) is 0 Å². The lowest BCUT2D eigenvalue weighted by Crippen LogP contribution is -2.14. The molecule has 1 atom stereocenters. The first-order valence-corrected chi connectivity index (χ1v) is 8.25. The Balaban J connectivity index is 1.92. The molecule has 1 aromatic rings. The maximum atomic E-state index is 5.88. The van der Waals surface area contributed by atoms with Crippen molar-refractivity contribution >= 4 is 0 Å². The lowest BCUT2D eigenvalue weighted by molar-refractivity contribution is 0.0932. The molecule has 1 N–H and O–H groups in total. The highest BCUT2D eigenvalue weighted by Crippen LogP contribution is 2.29. The van der Waals surface area contributed by atoms with Crippen molar-refractivity contribution in [1.82, 2.24) is 5.32 Å². The van der Waals surface area contributed by atoms with Crippen molar-refractivity contribution in [3.63, 3.8) is 0 Å². The normalized spacial score (nSPS) is 16.5. The van der Waals surface area contributed by atoms with Crippen molar-refractivity contribution < 1.29 is 9.47 Å². The van der Waals surface area contributed by atoms with Crippen molar-refractivity contribution in [2.24, 2.45) is 5.92 Å². The lowest BCUT2D eigenvalue weighted by atomic mass is 9.83. The molecule has 3 nitrogen and oxygen atoms in total. The van der Waals surface area contributed by atoms with Gasteiger partial charge in [-0.3, -0.25) is 0 Å².